The number of nitrogens with zero attached hydrogens (tertiary/aromatic N) is 1. The smallest absolute Gasteiger partial charge is 0.263 e. The molecule has 0 aliphatic heterocycles. The van der Waals surface area contributed by atoms with Crippen molar-refractivity contribution < 1.29 is 12.8 Å². The van der Waals surface area contributed by atoms with Gasteiger partial charge in [-0.1, -0.05) is 0 Å². The molecule has 0 amide bonds. The van der Waals surface area contributed by atoms with Crippen LogP contribution >= 0.6 is 15.9 Å². The molecule has 0 radical (unpaired) electrons. The molecule has 1 heterocycles. The van der Waals surface area contributed by atoms with Crippen molar-refractivity contribution in [3.8, 4) is 0 Å². The molecule has 0 aliphatic carbocycles. The molecule has 0 spiro atoms. The van der Waals surface area contributed by atoms with Gasteiger partial charge in [0.25, 0.3) is 10.0 Å². The molecule has 0 saturated heterocycles. The highest BCUT2D eigenvalue weighted by atomic mass is 79.9. The predicted molar refractivity (Wildman–Crippen MR) is 68.2 cm³/mol. The van der Waals surface area contributed by atoms with Gasteiger partial charge in [-0.3, -0.25) is 9.82 Å². The maximum atomic E-state index is 13.3. The molecule has 96 valence electrons. The first kappa shape index (κ1) is 13.0. The summed E-state index contributed by atoms with van der Waals surface area (Å²) in [7, 11) is -3.83. The average Bonchev–Trinajstić information content (AvgIpc) is 2.67. The topological polar surface area (TPSA) is 74.8 Å². The van der Waals surface area contributed by atoms with Crippen molar-refractivity contribution in [2.45, 2.75) is 11.8 Å². The molecule has 0 atom stereocenters. The van der Waals surface area contributed by atoms with Crippen LogP contribution in [0.4, 0.5) is 10.2 Å². The van der Waals surface area contributed by atoms with Crippen molar-refractivity contribution in [3.05, 3.63) is 40.2 Å². The minimum Gasteiger partial charge on any atom is -0.264 e. The van der Waals surface area contributed by atoms with E-state index in [9.17, 15) is 12.8 Å². The van der Waals surface area contributed by atoms with Crippen molar-refractivity contribution in [1.82, 2.24) is 10.2 Å². The molecule has 18 heavy (non-hydrogen) atoms. The van der Waals surface area contributed by atoms with Crippen LogP contribution in [0.3, 0.4) is 0 Å². The normalized spacial score (nSPS) is 11.5. The average molecular weight is 334 g/mol. The number of halogens is 2. The summed E-state index contributed by atoms with van der Waals surface area (Å²) >= 11 is 2.96. The number of aryl methyl sites for hydroxylation is 1. The minimum absolute atomic E-state index is 0.155. The zero-order valence-corrected chi connectivity index (χ0v) is 11.6. The number of rotatable bonds is 3. The first-order chi connectivity index (χ1) is 8.40. The Hall–Kier alpha value is -1.41. The standard InChI is InChI=1S/C10H9BrFN3O2S/c1-6-5-13-14-10(6)15-18(16,17)7-2-3-8(11)9(12)4-7/h2-5H,1H3,(H2,13,14,15). The van der Waals surface area contributed by atoms with Crippen LogP contribution in [0.2, 0.25) is 0 Å². The minimum atomic E-state index is -3.83. The van der Waals surface area contributed by atoms with Crippen molar-refractivity contribution in [1.29, 1.82) is 0 Å². The summed E-state index contributed by atoms with van der Waals surface area (Å²) in [5, 5.41) is 6.21. The first-order valence-corrected chi connectivity index (χ1v) is 7.15. The molecule has 0 fully saturated rings. The van der Waals surface area contributed by atoms with Crippen molar-refractivity contribution in [2.24, 2.45) is 0 Å². The third-order valence-corrected chi connectivity index (χ3v) is 4.26. The van der Waals surface area contributed by atoms with Gasteiger partial charge in [-0.05, 0) is 41.1 Å². The second-order valence-electron chi connectivity index (χ2n) is 3.61. The van der Waals surface area contributed by atoms with E-state index in [4.69, 9.17) is 0 Å². The lowest BCUT2D eigenvalue weighted by molar-refractivity contribution is 0.593. The lowest BCUT2D eigenvalue weighted by Crippen LogP contribution is -2.14. The number of hydrogen-bond acceptors (Lipinski definition) is 3. The van der Waals surface area contributed by atoms with E-state index in [0.29, 0.717) is 5.56 Å². The van der Waals surface area contributed by atoms with Gasteiger partial charge in [0.15, 0.2) is 0 Å². The Morgan fingerprint density at radius 1 is 1.44 bits per heavy atom. The number of nitrogens with one attached hydrogen (secondary N) is 2. The van der Waals surface area contributed by atoms with E-state index in [2.05, 4.69) is 30.8 Å². The summed E-state index contributed by atoms with van der Waals surface area (Å²) in [5.74, 6) is -0.377. The quantitative estimate of drug-likeness (QED) is 0.905. The van der Waals surface area contributed by atoms with Gasteiger partial charge in [0.2, 0.25) is 0 Å². The zero-order valence-electron chi connectivity index (χ0n) is 9.24. The summed E-state index contributed by atoms with van der Waals surface area (Å²) in [6, 6.07) is 3.59. The van der Waals surface area contributed by atoms with E-state index >= 15 is 0 Å². The predicted octanol–water partition coefficient (Wildman–Crippen LogP) is 2.42. The van der Waals surface area contributed by atoms with Gasteiger partial charge in [0, 0.05) is 5.56 Å². The van der Waals surface area contributed by atoms with Crippen LogP contribution in [0.1, 0.15) is 5.56 Å². The number of aromatic amines is 1. The number of benzene rings is 1. The summed E-state index contributed by atoms with van der Waals surface area (Å²) in [6.07, 6.45) is 1.49. The lowest BCUT2D eigenvalue weighted by Gasteiger charge is -2.07. The van der Waals surface area contributed by atoms with E-state index < -0.39 is 15.8 Å². The van der Waals surface area contributed by atoms with Crippen LogP contribution < -0.4 is 4.72 Å². The van der Waals surface area contributed by atoms with Crippen LogP contribution in [-0.2, 0) is 10.0 Å². The van der Waals surface area contributed by atoms with Gasteiger partial charge in [-0.15, -0.1) is 0 Å². The Morgan fingerprint density at radius 2 is 2.17 bits per heavy atom. The highest BCUT2D eigenvalue weighted by molar-refractivity contribution is 9.10. The fourth-order valence-electron chi connectivity index (χ4n) is 1.29. The van der Waals surface area contributed by atoms with Gasteiger partial charge in [-0.2, -0.15) is 5.10 Å². The second-order valence-corrected chi connectivity index (χ2v) is 6.15. The molecule has 0 unspecified atom stereocenters. The maximum Gasteiger partial charge on any atom is 0.263 e. The van der Waals surface area contributed by atoms with E-state index in [1.165, 1.54) is 18.3 Å². The molecular formula is C10H9BrFN3O2S. The number of hydrogen-bond donors (Lipinski definition) is 2. The maximum absolute atomic E-state index is 13.3. The first-order valence-electron chi connectivity index (χ1n) is 4.88. The number of aromatic nitrogens is 2. The summed E-state index contributed by atoms with van der Waals surface area (Å²) in [4.78, 5) is -0.155. The number of H-pyrrole nitrogens is 1. The third kappa shape index (κ3) is 2.54. The van der Waals surface area contributed by atoms with Gasteiger partial charge in [0.1, 0.15) is 11.6 Å². The fourth-order valence-corrected chi connectivity index (χ4v) is 2.63. The Kier molecular flexibility index (Phi) is 3.40. The van der Waals surface area contributed by atoms with Crippen LogP contribution in [0.25, 0.3) is 0 Å². The highest BCUT2D eigenvalue weighted by Crippen LogP contribution is 2.21. The molecule has 2 N–H and O–H groups in total. The van der Waals surface area contributed by atoms with Crippen molar-refractivity contribution >= 4 is 31.8 Å². The monoisotopic (exact) mass is 333 g/mol. The molecule has 0 saturated carbocycles. The third-order valence-electron chi connectivity index (χ3n) is 2.27. The molecule has 2 rings (SSSR count). The lowest BCUT2D eigenvalue weighted by atomic mass is 10.3. The zero-order chi connectivity index (χ0) is 13.3. The Balaban J connectivity index is 2.37. The summed E-state index contributed by atoms with van der Waals surface area (Å²) in [6.45, 7) is 1.70. The van der Waals surface area contributed by atoms with E-state index in [1.54, 1.807) is 6.92 Å². The molecule has 1 aromatic heterocycles. The molecule has 8 heteroatoms. The Bertz CT molecular complexity index is 684. The van der Waals surface area contributed by atoms with Crippen LogP contribution in [-0.4, -0.2) is 18.6 Å². The molecule has 2 aromatic rings. The van der Waals surface area contributed by atoms with Gasteiger partial charge in [0.05, 0.1) is 15.6 Å². The van der Waals surface area contributed by atoms with Crippen molar-refractivity contribution in [3.63, 3.8) is 0 Å². The van der Waals surface area contributed by atoms with Crippen LogP contribution in [0.5, 0.6) is 0 Å². The summed E-state index contributed by atoms with van der Waals surface area (Å²) < 4.78 is 39.8. The van der Waals surface area contributed by atoms with E-state index in [1.807, 2.05) is 0 Å². The van der Waals surface area contributed by atoms with Gasteiger partial charge < -0.3 is 0 Å². The van der Waals surface area contributed by atoms with Gasteiger partial charge in [-0.25, -0.2) is 12.8 Å². The fraction of sp³-hybridized carbons (Fsp3) is 0.100. The van der Waals surface area contributed by atoms with Crippen LogP contribution in [0, 0.1) is 12.7 Å². The van der Waals surface area contributed by atoms with Gasteiger partial charge >= 0.3 is 0 Å². The highest BCUT2D eigenvalue weighted by Gasteiger charge is 2.17. The molecule has 1 aromatic carbocycles. The van der Waals surface area contributed by atoms with Crippen molar-refractivity contribution in [2.75, 3.05) is 4.72 Å². The van der Waals surface area contributed by atoms with Crippen LogP contribution in [0.15, 0.2) is 33.8 Å². The molecule has 0 bridgehead atoms. The van der Waals surface area contributed by atoms with E-state index in [0.717, 1.165) is 6.07 Å². The molecule has 5 nitrogen and oxygen atoms in total. The molecule has 0 aliphatic rings. The largest absolute Gasteiger partial charge is 0.264 e. The molecular weight excluding hydrogens is 325 g/mol. The Morgan fingerprint density at radius 3 is 2.72 bits per heavy atom. The Labute approximate surface area is 112 Å². The number of anilines is 1. The second kappa shape index (κ2) is 4.69. The number of sulfonamides is 1. The SMILES string of the molecule is Cc1cn[nH]c1NS(=O)(=O)c1ccc(Br)c(F)c1. The van der Waals surface area contributed by atoms with E-state index in [-0.39, 0.29) is 15.2 Å². The summed E-state index contributed by atoms with van der Waals surface area (Å²) in [5.41, 5.74) is 0.649.